The van der Waals surface area contributed by atoms with E-state index in [1.807, 2.05) is 26.0 Å². The first-order chi connectivity index (χ1) is 8.40. The van der Waals surface area contributed by atoms with Gasteiger partial charge in [-0.15, -0.1) is 0 Å². The SMILES string of the molecule is Cc1cc(N2C[C@@H](C(=O)Cl)CC2=O)c(C)cc1Br. The summed E-state index contributed by atoms with van der Waals surface area (Å²) in [5.74, 6) is -0.429. The van der Waals surface area contributed by atoms with E-state index in [1.54, 1.807) is 4.90 Å². The molecule has 0 bridgehead atoms. The number of hydrogen-bond donors (Lipinski definition) is 0. The number of rotatable bonds is 2. The van der Waals surface area contributed by atoms with Crippen molar-refractivity contribution in [3.63, 3.8) is 0 Å². The number of benzene rings is 1. The van der Waals surface area contributed by atoms with E-state index in [2.05, 4.69) is 15.9 Å². The molecular weight excluding hydrogens is 318 g/mol. The van der Waals surface area contributed by atoms with E-state index >= 15 is 0 Å². The zero-order valence-electron chi connectivity index (χ0n) is 10.2. The van der Waals surface area contributed by atoms with Gasteiger partial charge in [0.05, 0.1) is 5.92 Å². The van der Waals surface area contributed by atoms with Crippen molar-refractivity contribution in [3.05, 3.63) is 27.7 Å². The fourth-order valence-electron chi connectivity index (χ4n) is 2.15. The van der Waals surface area contributed by atoms with Crippen LogP contribution in [0, 0.1) is 19.8 Å². The molecule has 1 saturated heterocycles. The highest BCUT2D eigenvalue weighted by molar-refractivity contribution is 9.10. The number of hydrogen-bond acceptors (Lipinski definition) is 2. The van der Waals surface area contributed by atoms with Gasteiger partial charge in [0, 0.05) is 23.1 Å². The van der Waals surface area contributed by atoms with E-state index in [4.69, 9.17) is 11.6 Å². The summed E-state index contributed by atoms with van der Waals surface area (Å²) in [5.41, 5.74) is 2.92. The molecule has 5 heteroatoms. The molecule has 2 rings (SSSR count). The standard InChI is InChI=1S/C13H13BrClNO2/c1-7-4-11(8(2)3-10(7)14)16-6-9(13(15)18)5-12(16)17/h3-4,9H,5-6H2,1-2H3/t9-/m0/s1. The number of halogens is 2. The Morgan fingerprint density at radius 2 is 2.06 bits per heavy atom. The molecule has 0 unspecified atom stereocenters. The lowest BCUT2D eigenvalue weighted by Gasteiger charge is -2.20. The van der Waals surface area contributed by atoms with Crippen molar-refractivity contribution in [2.45, 2.75) is 20.3 Å². The van der Waals surface area contributed by atoms with Gasteiger partial charge in [-0.05, 0) is 48.7 Å². The maximum absolute atomic E-state index is 11.9. The van der Waals surface area contributed by atoms with Crippen LogP contribution in [-0.2, 0) is 9.59 Å². The van der Waals surface area contributed by atoms with Gasteiger partial charge < -0.3 is 4.90 Å². The summed E-state index contributed by atoms with van der Waals surface area (Å²) in [6.07, 6.45) is 0.205. The van der Waals surface area contributed by atoms with Crippen molar-refractivity contribution in [1.29, 1.82) is 0 Å². The molecule has 1 heterocycles. The maximum atomic E-state index is 11.9. The first-order valence-electron chi connectivity index (χ1n) is 5.66. The van der Waals surface area contributed by atoms with Crippen molar-refractivity contribution < 1.29 is 9.59 Å². The predicted octanol–water partition coefficient (Wildman–Crippen LogP) is 3.18. The topological polar surface area (TPSA) is 37.4 Å². The molecule has 1 aliphatic heterocycles. The van der Waals surface area contributed by atoms with Gasteiger partial charge >= 0.3 is 0 Å². The van der Waals surface area contributed by atoms with Gasteiger partial charge in [0.1, 0.15) is 0 Å². The third-order valence-electron chi connectivity index (χ3n) is 3.21. The van der Waals surface area contributed by atoms with Gasteiger partial charge in [0.25, 0.3) is 0 Å². The van der Waals surface area contributed by atoms with Gasteiger partial charge in [-0.2, -0.15) is 0 Å². The van der Waals surface area contributed by atoms with Crippen LogP contribution in [0.5, 0.6) is 0 Å². The number of carbonyl (C=O) groups excluding carboxylic acids is 2. The lowest BCUT2D eigenvalue weighted by molar-refractivity contribution is -0.120. The Morgan fingerprint density at radius 1 is 1.39 bits per heavy atom. The molecule has 0 saturated carbocycles. The van der Waals surface area contributed by atoms with Crippen molar-refractivity contribution in [2.75, 3.05) is 11.4 Å². The van der Waals surface area contributed by atoms with E-state index in [0.717, 1.165) is 21.3 Å². The summed E-state index contributed by atoms with van der Waals surface area (Å²) in [5, 5.41) is -0.433. The molecule has 1 aromatic carbocycles. The number of amides is 1. The zero-order chi connectivity index (χ0) is 13.4. The Bertz CT molecular complexity index is 530. The molecular formula is C13H13BrClNO2. The summed E-state index contributed by atoms with van der Waals surface area (Å²) < 4.78 is 1.01. The van der Waals surface area contributed by atoms with Crippen molar-refractivity contribution in [3.8, 4) is 0 Å². The molecule has 1 atom stereocenters. The molecule has 1 amide bonds. The largest absolute Gasteiger partial charge is 0.311 e. The van der Waals surface area contributed by atoms with Crippen LogP contribution in [0.25, 0.3) is 0 Å². The minimum atomic E-state index is -0.433. The second-order valence-electron chi connectivity index (χ2n) is 4.60. The smallest absolute Gasteiger partial charge is 0.227 e. The lowest BCUT2D eigenvalue weighted by atomic mass is 10.1. The average molecular weight is 331 g/mol. The summed E-state index contributed by atoms with van der Waals surface area (Å²) >= 11 is 8.93. The Balaban J connectivity index is 2.35. The average Bonchev–Trinajstić information content (AvgIpc) is 2.66. The Kier molecular flexibility index (Phi) is 3.78. The summed E-state index contributed by atoms with van der Waals surface area (Å²) in [6, 6.07) is 3.94. The minimum Gasteiger partial charge on any atom is -0.311 e. The third-order valence-corrected chi connectivity index (χ3v) is 4.38. The zero-order valence-corrected chi connectivity index (χ0v) is 12.5. The third kappa shape index (κ3) is 2.45. The minimum absolute atomic E-state index is 0.0428. The molecule has 3 nitrogen and oxygen atoms in total. The van der Waals surface area contributed by atoms with Gasteiger partial charge in [-0.1, -0.05) is 15.9 Å². The van der Waals surface area contributed by atoms with Crippen LogP contribution < -0.4 is 4.90 Å². The highest BCUT2D eigenvalue weighted by Gasteiger charge is 2.34. The van der Waals surface area contributed by atoms with Gasteiger partial charge in [0.15, 0.2) is 0 Å². The maximum Gasteiger partial charge on any atom is 0.227 e. The van der Waals surface area contributed by atoms with Crippen LogP contribution >= 0.6 is 27.5 Å². The fourth-order valence-corrected chi connectivity index (χ4v) is 2.75. The van der Waals surface area contributed by atoms with E-state index < -0.39 is 5.24 Å². The molecule has 0 aromatic heterocycles. The quantitative estimate of drug-likeness (QED) is 0.781. The molecule has 0 aliphatic carbocycles. The molecule has 1 fully saturated rings. The second kappa shape index (κ2) is 5.02. The number of carbonyl (C=O) groups is 2. The van der Waals surface area contributed by atoms with Crippen LogP contribution in [-0.4, -0.2) is 17.7 Å². The molecule has 0 radical (unpaired) electrons. The van der Waals surface area contributed by atoms with Crippen molar-refractivity contribution in [1.82, 2.24) is 0 Å². The molecule has 96 valence electrons. The highest BCUT2D eigenvalue weighted by atomic mass is 79.9. The predicted molar refractivity (Wildman–Crippen MR) is 74.9 cm³/mol. The first kappa shape index (κ1) is 13.6. The van der Waals surface area contributed by atoms with E-state index in [9.17, 15) is 9.59 Å². The monoisotopic (exact) mass is 329 g/mol. The van der Waals surface area contributed by atoms with Gasteiger partial charge in [0.2, 0.25) is 11.1 Å². The molecule has 18 heavy (non-hydrogen) atoms. The Morgan fingerprint density at radius 3 is 2.61 bits per heavy atom. The molecule has 1 aliphatic rings. The van der Waals surface area contributed by atoms with Crippen LogP contribution in [0.3, 0.4) is 0 Å². The number of aryl methyl sites for hydroxylation is 2. The van der Waals surface area contributed by atoms with Crippen molar-refractivity contribution >= 4 is 44.4 Å². The molecule has 0 N–H and O–H groups in total. The first-order valence-corrected chi connectivity index (χ1v) is 6.83. The van der Waals surface area contributed by atoms with Crippen molar-refractivity contribution in [2.24, 2.45) is 5.92 Å². The number of anilines is 1. The van der Waals surface area contributed by atoms with Crippen LogP contribution in [0.4, 0.5) is 5.69 Å². The van der Waals surface area contributed by atoms with Crippen LogP contribution in [0.2, 0.25) is 0 Å². The van der Waals surface area contributed by atoms with Gasteiger partial charge in [-0.3, -0.25) is 9.59 Å². The summed E-state index contributed by atoms with van der Waals surface area (Å²) in [4.78, 5) is 24.7. The van der Waals surface area contributed by atoms with Crippen LogP contribution in [0.15, 0.2) is 16.6 Å². The normalized spacial score (nSPS) is 19.4. The highest BCUT2D eigenvalue weighted by Crippen LogP contribution is 2.32. The van der Waals surface area contributed by atoms with Gasteiger partial charge in [-0.25, -0.2) is 0 Å². The van der Waals surface area contributed by atoms with E-state index in [-0.39, 0.29) is 18.2 Å². The van der Waals surface area contributed by atoms with E-state index in [1.165, 1.54) is 0 Å². The summed E-state index contributed by atoms with van der Waals surface area (Å²) in [7, 11) is 0. The molecule has 0 spiro atoms. The Labute approximate surface area is 119 Å². The van der Waals surface area contributed by atoms with Crippen LogP contribution in [0.1, 0.15) is 17.5 Å². The molecule has 1 aromatic rings. The summed E-state index contributed by atoms with van der Waals surface area (Å²) in [6.45, 7) is 4.30. The Hall–Kier alpha value is -0.870. The number of nitrogens with zero attached hydrogens (tertiary/aromatic N) is 1. The fraction of sp³-hybridized carbons (Fsp3) is 0.385. The lowest BCUT2D eigenvalue weighted by Crippen LogP contribution is -2.26. The second-order valence-corrected chi connectivity index (χ2v) is 5.82. The van der Waals surface area contributed by atoms with E-state index in [0.29, 0.717) is 6.54 Å².